The second-order valence-electron chi connectivity index (χ2n) is 3.38. The van der Waals surface area contributed by atoms with Crippen LogP contribution in [0, 0.1) is 0 Å². The highest BCUT2D eigenvalue weighted by atomic mass is 35.5. The Bertz CT molecular complexity index is 517. The highest BCUT2D eigenvalue weighted by Crippen LogP contribution is 2.20. The minimum atomic E-state index is -0.526. The van der Waals surface area contributed by atoms with Crippen molar-refractivity contribution >= 4 is 29.3 Å². The van der Waals surface area contributed by atoms with Gasteiger partial charge in [-0.2, -0.15) is 0 Å². The molecular formula is C13H11Cl2NO2. The molecule has 0 saturated carbocycles. The van der Waals surface area contributed by atoms with Gasteiger partial charge in [0.1, 0.15) is 12.4 Å². The van der Waals surface area contributed by atoms with Gasteiger partial charge in [-0.3, -0.25) is 9.78 Å². The van der Waals surface area contributed by atoms with Crippen molar-refractivity contribution in [3.63, 3.8) is 0 Å². The van der Waals surface area contributed by atoms with Gasteiger partial charge in [0.05, 0.1) is 11.3 Å². The molecular weight excluding hydrogens is 273 g/mol. The quantitative estimate of drug-likeness (QED) is 0.807. The van der Waals surface area contributed by atoms with Crippen molar-refractivity contribution in [3.8, 4) is 5.75 Å². The number of para-hydroxylation sites is 1. The molecule has 94 valence electrons. The second-order valence-corrected chi connectivity index (χ2v) is 3.72. The predicted octanol–water partition coefficient (Wildman–Crippen LogP) is 3.46. The van der Waals surface area contributed by atoms with E-state index in [0.717, 1.165) is 5.69 Å². The molecule has 0 unspecified atom stereocenters. The number of hydrogen-bond donors (Lipinski definition) is 0. The molecule has 0 aliphatic rings. The molecule has 2 aromatic rings. The van der Waals surface area contributed by atoms with Gasteiger partial charge in [0.2, 0.25) is 0 Å². The maximum Gasteiger partial charge on any atom is 0.256 e. The van der Waals surface area contributed by atoms with Crippen LogP contribution >= 0.6 is 24.0 Å². The molecule has 1 heterocycles. The highest BCUT2D eigenvalue weighted by molar-refractivity contribution is 6.68. The fraction of sp³-hybridized carbons (Fsp3) is 0.0769. The zero-order valence-corrected chi connectivity index (χ0v) is 10.9. The van der Waals surface area contributed by atoms with E-state index in [2.05, 4.69) is 4.98 Å². The summed E-state index contributed by atoms with van der Waals surface area (Å²) in [5.74, 6) is 0.471. The molecule has 0 atom stereocenters. The fourth-order valence-electron chi connectivity index (χ4n) is 1.39. The Morgan fingerprint density at radius 2 is 1.89 bits per heavy atom. The smallest absolute Gasteiger partial charge is 0.256 e. The molecule has 0 saturated heterocycles. The Hall–Kier alpha value is -1.58. The topological polar surface area (TPSA) is 39.2 Å². The van der Waals surface area contributed by atoms with Crippen molar-refractivity contribution in [1.29, 1.82) is 0 Å². The monoisotopic (exact) mass is 283 g/mol. The molecule has 0 aliphatic carbocycles. The van der Waals surface area contributed by atoms with Crippen LogP contribution in [0.25, 0.3) is 0 Å². The van der Waals surface area contributed by atoms with E-state index in [0.29, 0.717) is 17.9 Å². The van der Waals surface area contributed by atoms with E-state index in [4.69, 9.17) is 16.3 Å². The molecule has 3 nitrogen and oxygen atoms in total. The van der Waals surface area contributed by atoms with E-state index < -0.39 is 5.24 Å². The number of carbonyl (C=O) groups excluding carboxylic acids is 1. The third-order valence-electron chi connectivity index (χ3n) is 2.20. The van der Waals surface area contributed by atoms with Gasteiger partial charge in [-0.1, -0.05) is 18.2 Å². The zero-order chi connectivity index (χ0) is 12.1. The third kappa shape index (κ3) is 3.72. The van der Waals surface area contributed by atoms with Crippen LogP contribution in [0.5, 0.6) is 5.75 Å². The summed E-state index contributed by atoms with van der Waals surface area (Å²) in [6.07, 6.45) is 1.69. The lowest BCUT2D eigenvalue weighted by Gasteiger charge is -2.08. The van der Waals surface area contributed by atoms with Crippen LogP contribution in [-0.2, 0) is 6.61 Å². The Morgan fingerprint density at radius 3 is 2.56 bits per heavy atom. The number of hydrogen-bond acceptors (Lipinski definition) is 3. The standard InChI is InChI=1S/C13H10ClNO2.ClH/c14-13(16)11-6-1-2-7-12(11)17-9-10-5-3-4-8-15-10;/h1-8H,9H2;1H. The van der Waals surface area contributed by atoms with E-state index in [1.807, 2.05) is 18.2 Å². The molecule has 0 bridgehead atoms. The van der Waals surface area contributed by atoms with E-state index in [9.17, 15) is 4.79 Å². The Labute approximate surface area is 116 Å². The first-order valence-electron chi connectivity index (χ1n) is 5.09. The summed E-state index contributed by atoms with van der Waals surface area (Å²) < 4.78 is 5.52. The summed E-state index contributed by atoms with van der Waals surface area (Å²) in [6.45, 7) is 0.308. The van der Waals surface area contributed by atoms with Crippen LogP contribution in [0.15, 0.2) is 48.7 Å². The van der Waals surface area contributed by atoms with Gasteiger partial charge < -0.3 is 4.74 Å². The molecule has 0 spiro atoms. The molecule has 18 heavy (non-hydrogen) atoms. The molecule has 2 rings (SSSR count). The van der Waals surface area contributed by atoms with Gasteiger partial charge in [0.15, 0.2) is 0 Å². The van der Waals surface area contributed by atoms with Gasteiger partial charge in [-0.15, -0.1) is 12.4 Å². The van der Waals surface area contributed by atoms with Crippen molar-refractivity contribution < 1.29 is 9.53 Å². The first-order chi connectivity index (χ1) is 8.27. The van der Waals surface area contributed by atoms with Crippen molar-refractivity contribution in [2.45, 2.75) is 6.61 Å². The maximum atomic E-state index is 11.1. The SMILES string of the molecule is Cl.O=C(Cl)c1ccccc1OCc1ccccn1. The van der Waals surface area contributed by atoms with Crippen molar-refractivity contribution in [3.05, 3.63) is 59.9 Å². The minimum absolute atomic E-state index is 0. The number of benzene rings is 1. The molecule has 1 aromatic heterocycles. The largest absolute Gasteiger partial charge is 0.486 e. The molecule has 0 fully saturated rings. The first kappa shape index (κ1) is 14.5. The normalized spacial score (nSPS) is 9.39. The number of rotatable bonds is 4. The lowest BCUT2D eigenvalue weighted by molar-refractivity contribution is 0.107. The van der Waals surface area contributed by atoms with Gasteiger partial charge in [0, 0.05) is 6.20 Å². The van der Waals surface area contributed by atoms with Crippen LogP contribution < -0.4 is 4.74 Å². The second kappa shape index (κ2) is 6.99. The number of pyridine rings is 1. The van der Waals surface area contributed by atoms with Crippen molar-refractivity contribution in [2.75, 3.05) is 0 Å². The lowest BCUT2D eigenvalue weighted by atomic mass is 10.2. The van der Waals surface area contributed by atoms with E-state index in [1.54, 1.807) is 30.5 Å². The number of halogens is 2. The molecule has 0 amide bonds. The molecule has 5 heteroatoms. The van der Waals surface area contributed by atoms with Crippen LogP contribution in [0.3, 0.4) is 0 Å². The Kier molecular flexibility index (Phi) is 5.62. The molecule has 1 aromatic carbocycles. The summed E-state index contributed by atoms with van der Waals surface area (Å²) in [7, 11) is 0. The predicted molar refractivity (Wildman–Crippen MR) is 72.4 cm³/mol. The summed E-state index contributed by atoms with van der Waals surface area (Å²) in [5.41, 5.74) is 1.16. The van der Waals surface area contributed by atoms with E-state index in [1.165, 1.54) is 0 Å². The highest BCUT2D eigenvalue weighted by Gasteiger charge is 2.09. The average molecular weight is 284 g/mol. The molecule has 0 aliphatic heterocycles. The summed E-state index contributed by atoms with van der Waals surface area (Å²) in [5, 5.41) is -0.526. The van der Waals surface area contributed by atoms with Crippen LogP contribution in [0.1, 0.15) is 16.1 Å². The summed E-state index contributed by atoms with van der Waals surface area (Å²) in [4.78, 5) is 15.3. The summed E-state index contributed by atoms with van der Waals surface area (Å²) in [6, 6.07) is 12.4. The number of ether oxygens (including phenoxy) is 1. The Morgan fingerprint density at radius 1 is 1.17 bits per heavy atom. The number of carbonyl (C=O) groups is 1. The minimum Gasteiger partial charge on any atom is -0.486 e. The van der Waals surface area contributed by atoms with Crippen LogP contribution in [0.4, 0.5) is 0 Å². The van der Waals surface area contributed by atoms with Crippen LogP contribution in [-0.4, -0.2) is 10.2 Å². The maximum absolute atomic E-state index is 11.1. The van der Waals surface area contributed by atoms with E-state index >= 15 is 0 Å². The number of aromatic nitrogens is 1. The first-order valence-corrected chi connectivity index (χ1v) is 5.47. The fourth-order valence-corrected chi connectivity index (χ4v) is 1.55. The van der Waals surface area contributed by atoms with E-state index in [-0.39, 0.29) is 12.4 Å². The zero-order valence-electron chi connectivity index (χ0n) is 9.38. The van der Waals surface area contributed by atoms with Crippen LogP contribution in [0.2, 0.25) is 0 Å². The molecule has 0 N–H and O–H groups in total. The Balaban J connectivity index is 0.00000162. The van der Waals surface area contributed by atoms with Gasteiger partial charge >= 0.3 is 0 Å². The van der Waals surface area contributed by atoms with Gasteiger partial charge in [-0.25, -0.2) is 0 Å². The van der Waals surface area contributed by atoms with Crippen molar-refractivity contribution in [2.24, 2.45) is 0 Å². The average Bonchev–Trinajstić information content (AvgIpc) is 2.38. The molecule has 0 radical (unpaired) electrons. The number of nitrogens with zero attached hydrogens (tertiary/aromatic N) is 1. The summed E-state index contributed by atoms with van der Waals surface area (Å²) >= 11 is 5.46. The van der Waals surface area contributed by atoms with Gasteiger partial charge in [0.25, 0.3) is 5.24 Å². The third-order valence-corrected chi connectivity index (χ3v) is 2.40. The van der Waals surface area contributed by atoms with Crippen molar-refractivity contribution in [1.82, 2.24) is 4.98 Å². The lowest BCUT2D eigenvalue weighted by Crippen LogP contribution is -2.01. The van der Waals surface area contributed by atoms with Gasteiger partial charge in [-0.05, 0) is 35.9 Å².